The Morgan fingerprint density at radius 1 is 1.00 bits per heavy atom. The Hall–Kier alpha value is -3.35. The molecule has 7 heteroatoms. The van der Waals surface area contributed by atoms with Crippen molar-refractivity contribution < 1.29 is 9.21 Å². The number of carbonyl (C=O) groups is 1. The van der Waals surface area contributed by atoms with Crippen molar-refractivity contribution in [1.29, 1.82) is 0 Å². The molecule has 0 saturated heterocycles. The molecule has 0 bridgehead atoms. The normalized spacial score (nSPS) is 10.7. The van der Waals surface area contributed by atoms with E-state index in [1.54, 1.807) is 30.3 Å². The first-order valence-corrected chi connectivity index (χ1v) is 8.09. The van der Waals surface area contributed by atoms with E-state index in [9.17, 15) is 14.4 Å². The highest BCUT2D eigenvalue weighted by Gasteiger charge is 2.22. The van der Waals surface area contributed by atoms with Crippen molar-refractivity contribution >= 4 is 12.1 Å². The van der Waals surface area contributed by atoms with Gasteiger partial charge in [-0.3, -0.25) is 18.7 Å². The van der Waals surface area contributed by atoms with Gasteiger partial charge < -0.3 is 9.32 Å². The van der Waals surface area contributed by atoms with Gasteiger partial charge >= 0.3 is 5.69 Å². The highest BCUT2D eigenvalue weighted by molar-refractivity contribution is 5.82. The van der Waals surface area contributed by atoms with E-state index in [1.165, 1.54) is 11.6 Å². The third-order valence-electron chi connectivity index (χ3n) is 4.23. The zero-order chi connectivity index (χ0) is 18.7. The molecule has 7 nitrogen and oxygen atoms in total. The van der Waals surface area contributed by atoms with Crippen LogP contribution in [-0.4, -0.2) is 15.4 Å². The molecule has 0 saturated carbocycles. The lowest BCUT2D eigenvalue weighted by Crippen LogP contribution is -2.42. The van der Waals surface area contributed by atoms with E-state index < -0.39 is 11.2 Å². The summed E-state index contributed by atoms with van der Waals surface area (Å²) in [4.78, 5) is 38.3. The van der Waals surface area contributed by atoms with Crippen LogP contribution >= 0.6 is 0 Å². The van der Waals surface area contributed by atoms with Gasteiger partial charge in [-0.2, -0.15) is 0 Å². The number of hydrogen-bond acceptors (Lipinski definition) is 5. The van der Waals surface area contributed by atoms with Crippen LogP contribution in [0, 0.1) is 0 Å². The summed E-state index contributed by atoms with van der Waals surface area (Å²) in [5, 5.41) is 0. The summed E-state index contributed by atoms with van der Waals surface area (Å²) in [5.41, 5.74) is -0.190. The standard InChI is InChI=1S/C19H19N3O4/c1-20-17(16(13-23)18(24)21(2)19(20)25)22(12-15-9-6-10-26-15)11-14-7-4-3-5-8-14/h3-10,13H,11-12H2,1-2H3. The van der Waals surface area contributed by atoms with Gasteiger partial charge in [0.15, 0.2) is 6.29 Å². The number of nitrogens with zero attached hydrogens (tertiary/aromatic N) is 3. The number of furan rings is 1. The Morgan fingerprint density at radius 2 is 1.73 bits per heavy atom. The highest BCUT2D eigenvalue weighted by Crippen LogP contribution is 2.20. The third-order valence-corrected chi connectivity index (χ3v) is 4.23. The molecule has 3 rings (SSSR count). The van der Waals surface area contributed by atoms with E-state index in [2.05, 4.69) is 0 Å². The molecule has 3 aromatic rings. The van der Waals surface area contributed by atoms with Crippen molar-refractivity contribution in [3.8, 4) is 0 Å². The molecule has 0 unspecified atom stereocenters. The molecule has 2 aromatic heterocycles. The van der Waals surface area contributed by atoms with E-state index in [1.807, 2.05) is 30.3 Å². The molecule has 0 spiro atoms. The second-order valence-electron chi connectivity index (χ2n) is 5.98. The molecule has 0 N–H and O–H groups in total. The Bertz CT molecular complexity index is 1020. The van der Waals surface area contributed by atoms with Gasteiger partial charge in [-0.05, 0) is 17.7 Å². The zero-order valence-electron chi connectivity index (χ0n) is 14.6. The smallest absolute Gasteiger partial charge is 0.332 e. The molecule has 2 heterocycles. The minimum atomic E-state index is -0.615. The van der Waals surface area contributed by atoms with Gasteiger partial charge in [0.25, 0.3) is 5.56 Å². The van der Waals surface area contributed by atoms with Crippen molar-refractivity contribution in [2.75, 3.05) is 4.90 Å². The van der Waals surface area contributed by atoms with Crippen molar-refractivity contribution in [2.45, 2.75) is 13.1 Å². The van der Waals surface area contributed by atoms with Gasteiger partial charge in [-0.25, -0.2) is 4.79 Å². The summed E-state index contributed by atoms with van der Waals surface area (Å²) in [7, 11) is 2.90. The second kappa shape index (κ2) is 7.26. The molecular weight excluding hydrogens is 334 g/mol. The van der Waals surface area contributed by atoms with Crippen LogP contribution in [0.5, 0.6) is 0 Å². The Labute approximate surface area is 149 Å². The van der Waals surface area contributed by atoms with Gasteiger partial charge in [-0.1, -0.05) is 30.3 Å². The monoisotopic (exact) mass is 353 g/mol. The number of hydrogen-bond donors (Lipinski definition) is 0. The number of aldehydes is 1. The summed E-state index contributed by atoms with van der Waals surface area (Å²) < 4.78 is 7.67. The van der Waals surface area contributed by atoms with Crippen molar-refractivity contribution in [2.24, 2.45) is 14.1 Å². The zero-order valence-corrected chi connectivity index (χ0v) is 14.6. The topological polar surface area (TPSA) is 77.5 Å². The summed E-state index contributed by atoms with van der Waals surface area (Å²) in [6.45, 7) is 0.714. The van der Waals surface area contributed by atoms with Crippen molar-refractivity contribution in [1.82, 2.24) is 9.13 Å². The van der Waals surface area contributed by atoms with Crippen LogP contribution in [0.1, 0.15) is 21.7 Å². The van der Waals surface area contributed by atoms with Crippen molar-refractivity contribution in [3.63, 3.8) is 0 Å². The minimum Gasteiger partial charge on any atom is -0.467 e. The maximum Gasteiger partial charge on any atom is 0.332 e. The first-order chi connectivity index (χ1) is 12.5. The fourth-order valence-electron chi connectivity index (χ4n) is 2.95. The molecule has 0 aliphatic heterocycles. The van der Waals surface area contributed by atoms with Crippen molar-refractivity contribution in [3.05, 3.63) is 86.5 Å². The molecule has 0 atom stereocenters. The van der Waals surface area contributed by atoms with Crippen LogP contribution in [0.3, 0.4) is 0 Å². The Kier molecular flexibility index (Phi) is 4.88. The lowest BCUT2D eigenvalue weighted by Gasteiger charge is -2.27. The van der Waals surface area contributed by atoms with Gasteiger partial charge in [0.2, 0.25) is 0 Å². The van der Waals surface area contributed by atoms with Gasteiger partial charge in [0.05, 0.1) is 12.8 Å². The summed E-state index contributed by atoms with van der Waals surface area (Å²) in [6.07, 6.45) is 2.05. The molecule has 0 radical (unpaired) electrons. The number of benzene rings is 1. The summed E-state index contributed by atoms with van der Waals surface area (Å²) >= 11 is 0. The molecule has 26 heavy (non-hydrogen) atoms. The molecule has 1 aromatic carbocycles. The molecule has 0 aliphatic rings. The number of carbonyl (C=O) groups excluding carboxylic acids is 1. The molecule has 0 amide bonds. The third kappa shape index (κ3) is 3.23. The SMILES string of the molecule is Cn1c(N(Cc2ccccc2)Cc2ccco2)c(C=O)c(=O)n(C)c1=O. The van der Waals surface area contributed by atoms with E-state index >= 15 is 0 Å². The molecule has 134 valence electrons. The Morgan fingerprint density at radius 3 is 2.35 bits per heavy atom. The highest BCUT2D eigenvalue weighted by atomic mass is 16.3. The van der Waals surface area contributed by atoms with Gasteiger partial charge in [0.1, 0.15) is 17.1 Å². The van der Waals surface area contributed by atoms with E-state index in [4.69, 9.17) is 4.42 Å². The van der Waals surface area contributed by atoms with Crippen LogP contribution in [0.25, 0.3) is 0 Å². The maximum absolute atomic E-state index is 12.4. The van der Waals surface area contributed by atoms with Crippen LogP contribution in [0.15, 0.2) is 62.7 Å². The van der Waals surface area contributed by atoms with E-state index in [0.717, 1.165) is 10.1 Å². The minimum absolute atomic E-state index is 0.0583. The molecule has 0 aliphatic carbocycles. The van der Waals surface area contributed by atoms with Gasteiger partial charge in [0, 0.05) is 20.6 Å². The largest absolute Gasteiger partial charge is 0.467 e. The fraction of sp³-hybridized carbons (Fsp3) is 0.211. The van der Waals surface area contributed by atoms with Crippen LogP contribution < -0.4 is 16.1 Å². The lowest BCUT2D eigenvalue weighted by atomic mass is 10.2. The van der Waals surface area contributed by atoms with Crippen LogP contribution in [-0.2, 0) is 27.2 Å². The quantitative estimate of drug-likeness (QED) is 0.630. The fourth-order valence-corrected chi connectivity index (χ4v) is 2.95. The predicted octanol–water partition coefficient (Wildman–Crippen LogP) is 1.70. The molecule has 0 fully saturated rings. The first-order valence-electron chi connectivity index (χ1n) is 8.09. The maximum atomic E-state index is 12.4. The average molecular weight is 353 g/mol. The second-order valence-corrected chi connectivity index (χ2v) is 5.98. The number of aromatic nitrogens is 2. The number of rotatable bonds is 6. The predicted molar refractivity (Wildman–Crippen MR) is 97.3 cm³/mol. The Balaban J connectivity index is 2.16. The van der Waals surface area contributed by atoms with Gasteiger partial charge in [-0.15, -0.1) is 0 Å². The summed E-state index contributed by atoms with van der Waals surface area (Å²) in [5.74, 6) is 0.930. The van der Waals surface area contributed by atoms with Crippen LogP contribution in [0.2, 0.25) is 0 Å². The molecular formula is C19H19N3O4. The van der Waals surface area contributed by atoms with E-state index in [0.29, 0.717) is 25.1 Å². The lowest BCUT2D eigenvalue weighted by molar-refractivity contribution is 0.112. The number of anilines is 1. The van der Waals surface area contributed by atoms with Crippen LogP contribution in [0.4, 0.5) is 5.82 Å². The first kappa shape index (κ1) is 17.5. The summed E-state index contributed by atoms with van der Waals surface area (Å²) in [6, 6.07) is 13.2. The average Bonchev–Trinajstić information content (AvgIpc) is 3.16. The van der Waals surface area contributed by atoms with E-state index in [-0.39, 0.29) is 11.4 Å².